The molecule has 1 saturated heterocycles. The maximum atomic E-state index is 13.7. The van der Waals surface area contributed by atoms with Crippen molar-refractivity contribution < 1.29 is 9.90 Å². The van der Waals surface area contributed by atoms with Crippen molar-refractivity contribution >= 4 is 38.8 Å². The van der Waals surface area contributed by atoms with Crippen LogP contribution in [0.5, 0.6) is 0 Å². The Kier molecular flexibility index (Phi) is 5.88. The second-order valence-electron chi connectivity index (χ2n) is 8.13. The van der Waals surface area contributed by atoms with Gasteiger partial charge >= 0.3 is 0 Å². The third-order valence-corrected chi connectivity index (χ3v) is 7.28. The predicted molar refractivity (Wildman–Crippen MR) is 133 cm³/mol. The van der Waals surface area contributed by atoms with Gasteiger partial charge in [0.25, 0.3) is 11.5 Å². The van der Waals surface area contributed by atoms with E-state index in [1.165, 1.54) is 17.4 Å². The molecule has 1 atom stereocenters. The molecule has 0 unspecified atom stereocenters. The van der Waals surface area contributed by atoms with Crippen LogP contribution in [0, 0.1) is 11.3 Å². The lowest BCUT2D eigenvalue weighted by atomic mass is 10.1. The van der Waals surface area contributed by atoms with Crippen LogP contribution in [0.15, 0.2) is 71.5 Å². The first-order valence-corrected chi connectivity index (χ1v) is 11.9. The number of amides is 1. The Morgan fingerprint density at radius 1 is 1.12 bits per heavy atom. The molecule has 8 heteroatoms. The molecule has 1 amide bonds. The number of nitrogens with zero attached hydrogens (tertiary/aromatic N) is 3. The molecule has 0 spiro atoms. The maximum absolute atomic E-state index is 13.7. The van der Waals surface area contributed by atoms with E-state index in [2.05, 4.69) is 11.4 Å². The first kappa shape index (κ1) is 21.9. The maximum Gasteiger partial charge on any atom is 0.266 e. The number of nitriles is 1. The van der Waals surface area contributed by atoms with Crippen LogP contribution in [-0.2, 0) is 0 Å². The Labute approximate surface area is 200 Å². The Morgan fingerprint density at radius 2 is 1.88 bits per heavy atom. The molecular formula is C26H22N4O3S. The summed E-state index contributed by atoms with van der Waals surface area (Å²) in [6, 6.07) is 21.6. The van der Waals surface area contributed by atoms with Crippen molar-refractivity contribution in [3.05, 3.63) is 87.5 Å². The van der Waals surface area contributed by atoms with Crippen molar-refractivity contribution in [2.24, 2.45) is 0 Å². The molecule has 0 saturated carbocycles. The van der Waals surface area contributed by atoms with Crippen molar-refractivity contribution in [1.29, 1.82) is 5.26 Å². The van der Waals surface area contributed by atoms with Crippen molar-refractivity contribution in [2.45, 2.75) is 18.9 Å². The molecule has 0 aliphatic carbocycles. The molecule has 2 N–H and O–H groups in total. The van der Waals surface area contributed by atoms with Gasteiger partial charge in [-0.3, -0.25) is 14.2 Å². The molecule has 2 aromatic carbocycles. The van der Waals surface area contributed by atoms with E-state index in [0.29, 0.717) is 44.3 Å². The smallest absolute Gasteiger partial charge is 0.266 e. The van der Waals surface area contributed by atoms with Gasteiger partial charge in [-0.25, -0.2) is 0 Å². The van der Waals surface area contributed by atoms with Crippen LogP contribution in [0.25, 0.3) is 15.9 Å². The van der Waals surface area contributed by atoms with Gasteiger partial charge in [0, 0.05) is 18.0 Å². The van der Waals surface area contributed by atoms with Gasteiger partial charge < -0.3 is 15.3 Å². The average Bonchev–Trinajstić information content (AvgIpc) is 3.49. The number of nitrogens with one attached hydrogen (secondary N) is 1. The molecule has 1 aliphatic heterocycles. The van der Waals surface area contributed by atoms with Crippen molar-refractivity contribution in [2.75, 3.05) is 18.5 Å². The molecule has 5 rings (SSSR count). The lowest BCUT2D eigenvalue weighted by Gasteiger charge is -2.23. The lowest BCUT2D eigenvalue weighted by molar-refractivity contribution is 0.0683. The molecule has 170 valence electrons. The summed E-state index contributed by atoms with van der Waals surface area (Å²) in [5, 5.41) is 23.4. The van der Waals surface area contributed by atoms with Gasteiger partial charge in [0.15, 0.2) is 0 Å². The number of fused-ring (bicyclic) bond motifs is 1. The van der Waals surface area contributed by atoms with Crippen LogP contribution in [0.4, 0.5) is 11.4 Å². The second-order valence-corrected chi connectivity index (χ2v) is 9.13. The first-order chi connectivity index (χ1) is 16.6. The molecule has 1 fully saturated rings. The summed E-state index contributed by atoms with van der Waals surface area (Å²) in [5.41, 5.74) is 2.09. The van der Waals surface area contributed by atoms with E-state index in [1.807, 2.05) is 36.4 Å². The Morgan fingerprint density at radius 3 is 2.65 bits per heavy atom. The highest BCUT2D eigenvalue weighted by Gasteiger charge is 2.32. The summed E-state index contributed by atoms with van der Waals surface area (Å²) in [5.74, 6) is -0.193. The minimum atomic E-state index is -0.228. The zero-order chi connectivity index (χ0) is 23.7. The highest BCUT2D eigenvalue weighted by atomic mass is 32.1. The molecule has 1 aliphatic rings. The number of carbonyl (C=O) groups is 1. The van der Waals surface area contributed by atoms with Gasteiger partial charge in [-0.05, 0) is 43.2 Å². The van der Waals surface area contributed by atoms with Crippen LogP contribution in [0.3, 0.4) is 0 Å². The third-order valence-electron chi connectivity index (χ3n) is 6.11. The molecule has 0 bridgehead atoms. The topological polar surface area (TPSA) is 98.4 Å². The Hall–Kier alpha value is -3.93. The van der Waals surface area contributed by atoms with Gasteiger partial charge in [-0.1, -0.05) is 30.3 Å². The average molecular weight is 471 g/mol. The lowest BCUT2D eigenvalue weighted by Crippen LogP contribution is -2.37. The highest BCUT2D eigenvalue weighted by Crippen LogP contribution is 2.40. The molecular weight excluding hydrogens is 448 g/mol. The number of benzene rings is 2. The number of likely N-dealkylation sites (tertiary alicyclic amines) is 1. The molecule has 34 heavy (non-hydrogen) atoms. The van der Waals surface area contributed by atoms with Crippen LogP contribution in [0.1, 0.15) is 28.1 Å². The van der Waals surface area contributed by atoms with Gasteiger partial charge in [-0.2, -0.15) is 5.26 Å². The summed E-state index contributed by atoms with van der Waals surface area (Å²) in [6.45, 7) is 0.476. The summed E-state index contributed by atoms with van der Waals surface area (Å²) >= 11 is 1.24. The van der Waals surface area contributed by atoms with E-state index in [-0.39, 0.29) is 24.1 Å². The fourth-order valence-corrected chi connectivity index (χ4v) is 5.65. The number of para-hydroxylation sites is 2. The third kappa shape index (κ3) is 3.75. The number of anilines is 2. The van der Waals surface area contributed by atoms with Gasteiger partial charge in [-0.15, -0.1) is 11.3 Å². The van der Waals surface area contributed by atoms with E-state index in [0.717, 1.165) is 12.8 Å². The number of thiophene rings is 1. The first-order valence-electron chi connectivity index (χ1n) is 11.0. The number of hydrogen-bond donors (Lipinski definition) is 2. The van der Waals surface area contributed by atoms with E-state index in [9.17, 15) is 20.0 Å². The van der Waals surface area contributed by atoms with Gasteiger partial charge in [0.2, 0.25) is 0 Å². The normalized spacial score (nSPS) is 15.4. The van der Waals surface area contributed by atoms with Crippen LogP contribution < -0.4 is 10.9 Å². The minimum Gasteiger partial charge on any atom is -0.394 e. The molecule has 4 aromatic rings. The van der Waals surface area contributed by atoms with Gasteiger partial charge in [0.1, 0.15) is 15.8 Å². The van der Waals surface area contributed by atoms with E-state index in [4.69, 9.17) is 0 Å². The predicted octanol–water partition coefficient (Wildman–Crippen LogP) is 4.26. The summed E-state index contributed by atoms with van der Waals surface area (Å²) in [6.07, 6.45) is 1.58. The zero-order valence-electron chi connectivity index (χ0n) is 18.3. The fourth-order valence-electron chi connectivity index (χ4n) is 4.43. The summed E-state index contributed by atoms with van der Waals surface area (Å²) in [7, 11) is 0. The summed E-state index contributed by atoms with van der Waals surface area (Å²) < 4.78 is 1.60. The van der Waals surface area contributed by atoms with Crippen LogP contribution in [-0.4, -0.2) is 39.7 Å². The number of aromatic nitrogens is 1. The Balaban J connectivity index is 1.74. The molecule has 3 heterocycles. The van der Waals surface area contributed by atoms with Crippen molar-refractivity contribution in [1.82, 2.24) is 9.47 Å². The number of rotatable bonds is 5. The second kappa shape index (κ2) is 9.14. The number of aliphatic hydroxyl groups is 1. The van der Waals surface area contributed by atoms with Crippen LogP contribution in [0.2, 0.25) is 0 Å². The standard InChI is InChI=1S/C26H22N4O3S/c27-15-17-7-4-5-11-21(17)28-23-20-12-13-22(32)30(18-8-2-1-3-9-18)26(20)34-24(23)25(33)29-14-6-10-19(29)16-31/h1-5,7-9,11-13,19,28,31H,6,10,14,16H2/t19-/m1/s1. The van der Waals surface area contributed by atoms with Crippen molar-refractivity contribution in [3.8, 4) is 11.8 Å². The number of carbonyl (C=O) groups excluding carboxylic acids is 1. The summed E-state index contributed by atoms with van der Waals surface area (Å²) in [4.78, 5) is 29.4. The zero-order valence-corrected chi connectivity index (χ0v) is 19.1. The fraction of sp³-hybridized carbons (Fsp3) is 0.192. The van der Waals surface area contributed by atoms with E-state index >= 15 is 0 Å². The SMILES string of the molecule is N#Cc1ccccc1Nc1c(C(=O)N2CCC[C@@H]2CO)sc2c1ccc(=O)n2-c1ccccc1. The highest BCUT2D eigenvalue weighted by molar-refractivity contribution is 7.21. The van der Waals surface area contributed by atoms with E-state index < -0.39 is 0 Å². The largest absolute Gasteiger partial charge is 0.394 e. The molecule has 2 aromatic heterocycles. The molecule has 7 nitrogen and oxygen atoms in total. The minimum absolute atomic E-state index is 0.0919. The van der Waals surface area contributed by atoms with E-state index in [1.54, 1.807) is 33.7 Å². The monoisotopic (exact) mass is 470 g/mol. The quantitative estimate of drug-likeness (QED) is 0.454. The van der Waals surface area contributed by atoms with Gasteiger partial charge in [0.05, 0.1) is 35.3 Å². The molecule has 0 radical (unpaired) electrons. The number of pyridine rings is 1. The van der Waals surface area contributed by atoms with Crippen molar-refractivity contribution in [3.63, 3.8) is 0 Å². The Bertz CT molecular complexity index is 1470. The number of aliphatic hydroxyl groups excluding tert-OH is 1. The number of hydrogen-bond acceptors (Lipinski definition) is 6. The van der Waals surface area contributed by atoms with Crippen LogP contribution >= 0.6 is 11.3 Å².